The SMILES string of the molecule is COC1CC(C(=O)O)N(C(=O)N2CCSCC2C)C1. The lowest BCUT2D eigenvalue weighted by Gasteiger charge is -2.37. The van der Waals surface area contributed by atoms with Crippen molar-refractivity contribution in [2.24, 2.45) is 0 Å². The molecule has 0 aromatic carbocycles. The van der Waals surface area contributed by atoms with Crippen LogP contribution in [-0.2, 0) is 9.53 Å². The number of carboxylic acids is 1. The third-order valence-corrected chi connectivity index (χ3v) is 4.93. The number of rotatable bonds is 2. The minimum absolute atomic E-state index is 0.155. The number of aliphatic carboxylic acids is 1. The second-order valence-corrected chi connectivity index (χ2v) is 6.15. The van der Waals surface area contributed by atoms with Gasteiger partial charge in [0, 0.05) is 44.2 Å². The van der Waals surface area contributed by atoms with Crippen LogP contribution in [0.1, 0.15) is 13.3 Å². The molecule has 0 spiro atoms. The number of urea groups is 1. The smallest absolute Gasteiger partial charge is 0.326 e. The van der Waals surface area contributed by atoms with Gasteiger partial charge in [0.1, 0.15) is 6.04 Å². The van der Waals surface area contributed by atoms with E-state index in [1.54, 1.807) is 12.0 Å². The number of nitrogens with zero attached hydrogens (tertiary/aromatic N) is 2. The molecule has 1 N–H and O–H groups in total. The first-order valence-corrected chi connectivity index (χ1v) is 7.60. The molecule has 7 heteroatoms. The number of carbonyl (C=O) groups excluding carboxylic acids is 1. The lowest BCUT2D eigenvalue weighted by molar-refractivity contribution is -0.141. The molecule has 0 saturated carbocycles. The molecular formula is C12H20N2O4S. The first kappa shape index (κ1) is 14.5. The van der Waals surface area contributed by atoms with Crippen LogP contribution in [-0.4, -0.2) is 76.8 Å². The van der Waals surface area contributed by atoms with Gasteiger partial charge in [0.15, 0.2) is 0 Å². The van der Waals surface area contributed by atoms with E-state index >= 15 is 0 Å². The second-order valence-electron chi connectivity index (χ2n) is 5.00. The van der Waals surface area contributed by atoms with E-state index in [4.69, 9.17) is 4.74 Å². The van der Waals surface area contributed by atoms with Gasteiger partial charge in [-0.2, -0.15) is 11.8 Å². The Labute approximate surface area is 117 Å². The molecule has 0 aromatic heterocycles. The number of ether oxygens (including phenoxy) is 1. The third kappa shape index (κ3) is 2.97. The van der Waals surface area contributed by atoms with Crippen molar-refractivity contribution in [3.8, 4) is 0 Å². The molecule has 2 rings (SSSR count). The van der Waals surface area contributed by atoms with Crippen LogP contribution in [0.2, 0.25) is 0 Å². The van der Waals surface area contributed by atoms with Crippen LogP contribution in [0.4, 0.5) is 4.79 Å². The molecule has 2 amide bonds. The van der Waals surface area contributed by atoms with Crippen LogP contribution < -0.4 is 0 Å². The summed E-state index contributed by atoms with van der Waals surface area (Å²) in [4.78, 5) is 27.0. The maximum absolute atomic E-state index is 12.5. The number of carboxylic acid groups (broad SMARTS) is 1. The monoisotopic (exact) mass is 288 g/mol. The summed E-state index contributed by atoms with van der Waals surface area (Å²) in [7, 11) is 1.55. The Balaban J connectivity index is 2.09. The molecule has 3 atom stereocenters. The van der Waals surface area contributed by atoms with Crippen molar-refractivity contribution in [1.29, 1.82) is 0 Å². The molecule has 0 bridgehead atoms. The van der Waals surface area contributed by atoms with Crippen LogP contribution in [0.15, 0.2) is 0 Å². The van der Waals surface area contributed by atoms with E-state index in [1.807, 2.05) is 18.7 Å². The zero-order valence-corrected chi connectivity index (χ0v) is 12.1. The number of amides is 2. The molecule has 3 unspecified atom stereocenters. The van der Waals surface area contributed by atoms with Gasteiger partial charge in [-0.05, 0) is 6.92 Å². The summed E-state index contributed by atoms with van der Waals surface area (Å²) >= 11 is 1.83. The normalized spacial score (nSPS) is 31.6. The van der Waals surface area contributed by atoms with E-state index in [0.717, 1.165) is 11.5 Å². The summed E-state index contributed by atoms with van der Waals surface area (Å²) in [5.41, 5.74) is 0. The lowest BCUT2D eigenvalue weighted by Crippen LogP contribution is -2.53. The Bertz CT molecular complexity index is 366. The zero-order valence-electron chi connectivity index (χ0n) is 11.2. The average Bonchev–Trinajstić information content (AvgIpc) is 2.83. The Morgan fingerprint density at radius 2 is 2.11 bits per heavy atom. The van der Waals surface area contributed by atoms with Crippen molar-refractivity contribution in [2.45, 2.75) is 31.5 Å². The number of hydrogen-bond donors (Lipinski definition) is 1. The highest BCUT2D eigenvalue weighted by Gasteiger charge is 2.42. The van der Waals surface area contributed by atoms with E-state index in [9.17, 15) is 14.7 Å². The number of methoxy groups -OCH3 is 1. The number of carbonyl (C=O) groups is 2. The molecule has 0 radical (unpaired) electrons. The van der Waals surface area contributed by atoms with Crippen LogP contribution in [0, 0.1) is 0 Å². The molecule has 2 heterocycles. The maximum atomic E-state index is 12.5. The fraction of sp³-hybridized carbons (Fsp3) is 0.833. The van der Waals surface area contributed by atoms with Crippen LogP contribution in [0.5, 0.6) is 0 Å². The van der Waals surface area contributed by atoms with Crippen molar-refractivity contribution < 1.29 is 19.4 Å². The molecule has 2 saturated heterocycles. The van der Waals surface area contributed by atoms with Gasteiger partial charge in [-0.1, -0.05) is 0 Å². The van der Waals surface area contributed by atoms with Gasteiger partial charge in [-0.3, -0.25) is 0 Å². The quantitative estimate of drug-likeness (QED) is 0.810. The zero-order chi connectivity index (χ0) is 14.0. The molecule has 19 heavy (non-hydrogen) atoms. The highest BCUT2D eigenvalue weighted by molar-refractivity contribution is 7.99. The highest BCUT2D eigenvalue weighted by atomic mass is 32.2. The largest absolute Gasteiger partial charge is 0.480 e. The molecular weight excluding hydrogens is 268 g/mol. The standard InChI is InChI=1S/C12H20N2O4S/c1-8-7-19-4-3-13(8)12(17)14-6-9(18-2)5-10(14)11(15)16/h8-10H,3-7H2,1-2H3,(H,15,16). The third-order valence-electron chi connectivity index (χ3n) is 3.74. The van der Waals surface area contributed by atoms with Gasteiger partial charge in [-0.25, -0.2) is 9.59 Å². The van der Waals surface area contributed by atoms with E-state index in [2.05, 4.69) is 0 Å². The summed E-state index contributed by atoms with van der Waals surface area (Å²) in [6, 6.07) is -0.777. The minimum atomic E-state index is -0.952. The number of thioether (sulfide) groups is 1. The lowest BCUT2D eigenvalue weighted by atomic mass is 10.2. The minimum Gasteiger partial charge on any atom is -0.480 e. The summed E-state index contributed by atoms with van der Waals surface area (Å²) in [5.74, 6) is 0.868. The van der Waals surface area contributed by atoms with Crippen molar-refractivity contribution >= 4 is 23.8 Å². The second kappa shape index (κ2) is 6.00. The van der Waals surface area contributed by atoms with E-state index in [0.29, 0.717) is 19.5 Å². The van der Waals surface area contributed by atoms with Crippen LogP contribution in [0.3, 0.4) is 0 Å². The van der Waals surface area contributed by atoms with E-state index in [1.165, 1.54) is 4.90 Å². The van der Waals surface area contributed by atoms with Crippen LogP contribution in [0.25, 0.3) is 0 Å². The van der Waals surface area contributed by atoms with Gasteiger partial charge in [0.2, 0.25) is 0 Å². The summed E-state index contributed by atoms with van der Waals surface area (Å²) in [6.45, 7) is 3.05. The maximum Gasteiger partial charge on any atom is 0.326 e. The first-order chi connectivity index (χ1) is 9.04. The van der Waals surface area contributed by atoms with Crippen LogP contribution >= 0.6 is 11.8 Å². The van der Waals surface area contributed by atoms with Gasteiger partial charge in [0.05, 0.1) is 6.10 Å². The molecule has 108 valence electrons. The Morgan fingerprint density at radius 1 is 1.37 bits per heavy atom. The summed E-state index contributed by atoms with van der Waals surface area (Å²) in [6.07, 6.45) is 0.189. The van der Waals surface area contributed by atoms with E-state index in [-0.39, 0.29) is 18.2 Å². The molecule has 2 fully saturated rings. The Morgan fingerprint density at radius 3 is 2.68 bits per heavy atom. The Hall–Kier alpha value is -0.950. The molecule has 2 aliphatic rings. The van der Waals surface area contributed by atoms with Gasteiger partial charge in [0.25, 0.3) is 0 Å². The molecule has 2 aliphatic heterocycles. The Kier molecular flexibility index (Phi) is 4.57. The summed E-state index contributed by atoms with van der Waals surface area (Å²) < 4.78 is 5.21. The predicted octanol–water partition coefficient (Wildman–Crippen LogP) is 0.718. The first-order valence-electron chi connectivity index (χ1n) is 6.45. The topological polar surface area (TPSA) is 70.1 Å². The molecule has 0 aliphatic carbocycles. The fourth-order valence-corrected chi connectivity index (χ4v) is 3.60. The summed E-state index contributed by atoms with van der Waals surface area (Å²) in [5, 5.41) is 9.24. The average molecular weight is 288 g/mol. The molecule has 0 aromatic rings. The van der Waals surface area contributed by atoms with Gasteiger partial charge in [-0.15, -0.1) is 0 Å². The van der Waals surface area contributed by atoms with Crippen molar-refractivity contribution in [3.05, 3.63) is 0 Å². The van der Waals surface area contributed by atoms with Crippen molar-refractivity contribution in [2.75, 3.05) is 31.7 Å². The highest BCUT2D eigenvalue weighted by Crippen LogP contribution is 2.24. The fourth-order valence-electron chi connectivity index (χ4n) is 2.59. The molecule has 6 nitrogen and oxygen atoms in total. The van der Waals surface area contributed by atoms with Gasteiger partial charge < -0.3 is 19.6 Å². The van der Waals surface area contributed by atoms with Gasteiger partial charge >= 0.3 is 12.0 Å². The predicted molar refractivity (Wildman–Crippen MR) is 72.4 cm³/mol. The van der Waals surface area contributed by atoms with E-state index < -0.39 is 12.0 Å². The van der Waals surface area contributed by atoms with Crippen molar-refractivity contribution in [1.82, 2.24) is 9.80 Å². The van der Waals surface area contributed by atoms with Crippen molar-refractivity contribution in [3.63, 3.8) is 0 Å². The number of hydrogen-bond acceptors (Lipinski definition) is 4. The number of likely N-dealkylation sites (tertiary alicyclic amines) is 1.